The van der Waals surface area contributed by atoms with Gasteiger partial charge in [-0.05, 0) is 0 Å². The first kappa shape index (κ1) is 21.6. The molecule has 168 valence electrons. The highest BCUT2D eigenvalue weighted by Crippen LogP contribution is 2.41. The van der Waals surface area contributed by atoms with Gasteiger partial charge in [-0.3, -0.25) is 4.79 Å². The van der Waals surface area contributed by atoms with Gasteiger partial charge in [-0.25, -0.2) is 4.79 Å². The van der Waals surface area contributed by atoms with Crippen LogP contribution in [0.2, 0.25) is 0 Å². The number of carbonyl (C=O) groups is 1. The second kappa shape index (κ2) is 8.13. The lowest BCUT2D eigenvalue weighted by atomic mass is 9.99. The molecule has 2 heterocycles. The minimum Gasteiger partial charge on any atom is -0.507 e. The first-order chi connectivity index (χ1) is 15.2. The molecule has 1 aromatic heterocycles. The standard InChI is InChI=1S/C21H18O11/c22-9-6-11(8-4-2-1-3-5-8)30-18-13(9)10(23)7-12(14(18)24)31-21-17(27)15(25)16(26)19(32-21)20(28)29/h1-7,15-17,19,21,23-27H,(H,28,29)/t15-,16-,17+,19-,21+/m1/s1. The van der Waals surface area contributed by atoms with Gasteiger partial charge >= 0.3 is 5.97 Å². The number of phenols is 2. The van der Waals surface area contributed by atoms with Gasteiger partial charge in [0.1, 0.15) is 35.2 Å². The van der Waals surface area contributed by atoms with Crippen LogP contribution in [-0.4, -0.2) is 67.3 Å². The fourth-order valence-electron chi connectivity index (χ4n) is 3.39. The summed E-state index contributed by atoms with van der Waals surface area (Å²) in [4.78, 5) is 23.8. The van der Waals surface area contributed by atoms with Crippen molar-refractivity contribution in [3.05, 3.63) is 52.7 Å². The second-order valence-electron chi connectivity index (χ2n) is 7.14. The van der Waals surface area contributed by atoms with Crippen LogP contribution in [-0.2, 0) is 9.53 Å². The van der Waals surface area contributed by atoms with Crippen LogP contribution in [0.4, 0.5) is 0 Å². The van der Waals surface area contributed by atoms with E-state index in [1.165, 1.54) is 0 Å². The number of aliphatic hydroxyl groups excluding tert-OH is 3. The average Bonchev–Trinajstić information content (AvgIpc) is 2.77. The molecular weight excluding hydrogens is 428 g/mol. The third kappa shape index (κ3) is 3.63. The van der Waals surface area contributed by atoms with Crippen LogP contribution in [0.3, 0.4) is 0 Å². The van der Waals surface area contributed by atoms with Crippen LogP contribution in [0.1, 0.15) is 0 Å². The molecule has 1 saturated heterocycles. The Bertz CT molecular complexity index is 1220. The Balaban J connectivity index is 1.77. The fraction of sp³-hybridized carbons (Fsp3) is 0.238. The van der Waals surface area contributed by atoms with E-state index in [9.17, 15) is 35.1 Å². The number of hydrogen-bond acceptors (Lipinski definition) is 10. The summed E-state index contributed by atoms with van der Waals surface area (Å²) in [5.41, 5.74) is -0.556. The highest BCUT2D eigenvalue weighted by atomic mass is 16.7. The first-order valence-corrected chi connectivity index (χ1v) is 9.36. The molecule has 4 rings (SSSR count). The summed E-state index contributed by atoms with van der Waals surface area (Å²) in [6, 6.07) is 10.5. The number of hydrogen-bond donors (Lipinski definition) is 6. The zero-order valence-corrected chi connectivity index (χ0v) is 16.2. The molecule has 0 amide bonds. The molecule has 0 spiro atoms. The zero-order valence-electron chi connectivity index (χ0n) is 16.2. The summed E-state index contributed by atoms with van der Waals surface area (Å²) in [7, 11) is 0. The maximum atomic E-state index is 12.5. The molecule has 5 atom stereocenters. The number of aliphatic carboxylic acids is 1. The molecular formula is C21H18O11. The topological polar surface area (TPSA) is 187 Å². The smallest absolute Gasteiger partial charge is 0.335 e. The SMILES string of the molecule is O=C(O)[C@@H]1O[C@H](Oc2cc(O)c3c(=O)cc(-c4ccccc4)oc3c2O)[C@@H](O)[C@H](O)[C@H]1O. The van der Waals surface area contributed by atoms with Crippen molar-refractivity contribution in [2.24, 2.45) is 0 Å². The van der Waals surface area contributed by atoms with E-state index < -0.39 is 64.9 Å². The van der Waals surface area contributed by atoms with E-state index in [0.717, 1.165) is 12.1 Å². The lowest BCUT2D eigenvalue weighted by Gasteiger charge is -2.38. The van der Waals surface area contributed by atoms with Gasteiger partial charge in [0.2, 0.25) is 12.0 Å². The summed E-state index contributed by atoms with van der Waals surface area (Å²) in [6.07, 6.45) is -9.56. The third-order valence-corrected chi connectivity index (χ3v) is 5.03. The van der Waals surface area contributed by atoms with Crippen molar-refractivity contribution in [2.75, 3.05) is 0 Å². The number of benzene rings is 2. The molecule has 0 aliphatic carbocycles. The number of ether oxygens (including phenoxy) is 2. The Labute approximate surface area is 178 Å². The molecule has 0 unspecified atom stereocenters. The molecule has 1 aliphatic rings. The Morgan fingerprint density at radius 3 is 2.31 bits per heavy atom. The van der Waals surface area contributed by atoms with Crippen molar-refractivity contribution in [1.29, 1.82) is 0 Å². The fourth-order valence-corrected chi connectivity index (χ4v) is 3.39. The van der Waals surface area contributed by atoms with Gasteiger partial charge in [0.15, 0.2) is 22.9 Å². The summed E-state index contributed by atoms with van der Waals surface area (Å²) in [5, 5.41) is 59.5. The predicted molar refractivity (Wildman–Crippen MR) is 106 cm³/mol. The molecule has 11 nitrogen and oxygen atoms in total. The Morgan fingerprint density at radius 2 is 1.66 bits per heavy atom. The average molecular weight is 446 g/mol. The molecule has 1 fully saturated rings. The highest BCUT2D eigenvalue weighted by Gasteiger charge is 2.48. The number of aromatic hydroxyl groups is 2. The van der Waals surface area contributed by atoms with Crippen molar-refractivity contribution >= 4 is 16.9 Å². The number of phenolic OH excluding ortho intramolecular Hbond substituents is 2. The van der Waals surface area contributed by atoms with Crippen LogP contribution in [0, 0.1) is 0 Å². The van der Waals surface area contributed by atoms with E-state index in [1.807, 2.05) is 0 Å². The molecule has 2 aromatic carbocycles. The summed E-state index contributed by atoms with van der Waals surface area (Å²) >= 11 is 0. The van der Waals surface area contributed by atoms with E-state index >= 15 is 0 Å². The van der Waals surface area contributed by atoms with Gasteiger partial charge < -0.3 is 44.5 Å². The van der Waals surface area contributed by atoms with Crippen molar-refractivity contribution in [1.82, 2.24) is 0 Å². The number of fused-ring (bicyclic) bond motifs is 1. The predicted octanol–water partition coefficient (Wildman–Crippen LogP) is 0.142. The van der Waals surface area contributed by atoms with Gasteiger partial charge in [0.25, 0.3) is 0 Å². The normalized spacial score (nSPS) is 25.5. The molecule has 0 saturated carbocycles. The first-order valence-electron chi connectivity index (χ1n) is 9.36. The van der Waals surface area contributed by atoms with E-state index in [1.54, 1.807) is 30.3 Å². The highest BCUT2D eigenvalue weighted by molar-refractivity contribution is 5.91. The molecule has 6 N–H and O–H groups in total. The Hall–Kier alpha value is -3.64. The van der Waals surface area contributed by atoms with Crippen molar-refractivity contribution < 1.29 is 49.3 Å². The van der Waals surface area contributed by atoms with Gasteiger partial charge in [-0.2, -0.15) is 0 Å². The molecule has 32 heavy (non-hydrogen) atoms. The van der Waals surface area contributed by atoms with Gasteiger partial charge in [0.05, 0.1) is 0 Å². The number of rotatable bonds is 4. The van der Waals surface area contributed by atoms with Crippen LogP contribution >= 0.6 is 0 Å². The Kier molecular flexibility index (Phi) is 5.48. The van der Waals surface area contributed by atoms with Gasteiger partial charge in [0, 0.05) is 17.7 Å². The molecule has 3 aromatic rings. The van der Waals surface area contributed by atoms with E-state index in [0.29, 0.717) is 5.56 Å². The Morgan fingerprint density at radius 1 is 0.969 bits per heavy atom. The molecule has 0 bridgehead atoms. The van der Waals surface area contributed by atoms with E-state index in [4.69, 9.17) is 19.0 Å². The van der Waals surface area contributed by atoms with Crippen molar-refractivity contribution in [2.45, 2.75) is 30.7 Å². The number of carboxylic acid groups (broad SMARTS) is 1. The molecule has 0 radical (unpaired) electrons. The van der Waals surface area contributed by atoms with Crippen molar-refractivity contribution in [3.8, 4) is 28.6 Å². The molecule has 11 heteroatoms. The van der Waals surface area contributed by atoms with E-state index in [-0.39, 0.29) is 11.1 Å². The quantitative estimate of drug-likeness (QED) is 0.299. The largest absolute Gasteiger partial charge is 0.507 e. The maximum Gasteiger partial charge on any atom is 0.335 e. The van der Waals surface area contributed by atoms with Crippen LogP contribution in [0.5, 0.6) is 17.2 Å². The summed E-state index contributed by atoms with van der Waals surface area (Å²) in [5.74, 6) is -3.42. The van der Waals surface area contributed by atoms with Crippen LogP contribution < -0.4 is 10.2 Å². The van der Waals surface area contributed by atoms with Gasteiger partial charge in [-0.15, -0.1) is 0 Å². The lowest BCUT2D eigenvalue weighted by Crippen LogP contribution is -2.61. The third-order valence-electron chi connectivity index (χ3n) is 5.03. The summed E-state index contributed by atoms with van der Waals surface area (Å²) in [6.45, 7) is 0. The minimum absolute atomic E-state index is 0.0911. The minimum atomic E-state index is -1.94. The number of aliphatic hydroxyl groups is 3. The van der Waals surface area contributed by atoms with E-state index in [2.05, 4.69) is 0 Å². The van der Waals surface area contributed by atoms with Gasteiger partial charge in [-0.1, -0.05) is 30.3 Å². The number of carboxylic acids is 1. The maximum absolute atomic E-state index is 12.5. The summed E-state index contributed by atoms with van der Waals surface area (Å²) < 4.78 is 15.9. The second-order valence-corrected chi connectivity index (χ2v) is 7.14. The van der Waals surface area contributed by atoms with Crippen molar-refractivity contribution in [3.63, 3.8) is 0 Å². The van der Waals surface area contributed by atoms with Crippen LogP contribution in [0.15, 0.2) is 51.7 Å². The zero-order chi connectivity index (χ0) is 23.2. The monoisotopic (exact) mass is 446 g/mol. The molecule has 1 aliphatic heterocycles. The van der Waals surface area contributed by atoms with Crippen LogP contribution in [0.25, 0.3) is 22.3 Å². The lowest BCUT2D eigenvalue weighted by molar-refractivity contribution is -0.271.